The Kier molecular flexibility index (Phi) is 5.26. The van der Waals surface area contributed by atoms with Crippen molar-refractivity contribution < 1.29 is 8.42 Å². The Labute approximate surface area is 186 Å². The Morgan fingerprint density at radius 1 is 0.938 bits per heavy atom. The maximum atomic E-state index is 12.3. The average Bonchev–Trinajstić information content (AvgIpc) is 3.23. The van der Waals surface area contributed by atoms with Crippen LogP contribution in [0.2, 0.25) is 0 Å². The SMILES string of the molecule is CS(=O)(=O)c1ccccc1N1CCCN(c2ncnc3ccc(-c4cn[nH]c4)cc23)CC1. The van der Waals surface area contributed by atoms with Crippen molar-refractivity contribution in [3.8, 4) is 11.1 Å². The standard InChI is InChI=1S/C23H24N6O2S/c1-32(30,31)22-6-3-2-5-21(22)28-9-4-10-29(12-11-28)23-19-13-17(18-14-26-27-15-18)7-8-20(19)24-16-25-23/h2-3,5-8,13-16H,4,9-12H2,1H3,(H,26,27). The predicted molar refractivity (Wildman–Crippen MR) is 126 cm³/mol. The summed E-state index contributed by atoms with van der Waals surface area (Å²) in [7, 11) is -3.30. The summed E-state index contributed by atoms with van der Waals surface area (Å²) in [5, 5.41) is 7.90. The van der Waals surface area contributed by atoms with E-state index in [4.69, 9.17) is 0 Å². The van der Waals surface area contributed by atoms with Crippen LogP contribution in [0.15, 0.2) is 66.1 Å². The third-order valence-electron chi connectivity index (χ3n) is 5.85. The summed E-state index contributed by atoms with van der Waals surface area (Å²) < 4.78 is 24.6. The molecule has 4 aromatic rings. The van der Waals surface area contributed by atoms with Crippen LogP contribution in [0.4, 0.5) is 11.5 Å². The second kappa shape index (κ2) is 8.23. The highest BCUT2D eigenvalue weighted by molar-refractivity contribution is 7.90. The van der Waals surface area contributed by atoms with E-state index < -0.39 is 9.84 Å². The van der Waals surface area contributed by atoms with Crippen molar-refractivity contribution in [2.24, 2.45) is 0 Å². The van der Waals surface area contributed by atoms with Gasteiger partial charge >= 0.3 is 0 Å². The van der Waals surface area contributed by atoms with E-state index in [1.54, 1.807) is 24.7 Å². The lowest BCUT2D eigenvalue weighted by Gasteiger charge is -2.26. The number of rotatable bonds is 4. The van der Waals surface area contributed by atoms with E-state index in [1.807, 2.05) is 30.5 Å². The molecular formula is C23H24N6O2S. The highest BCUT2D eigenvalue weighted by Crippen LogP contribution is 2.30. The molecule has 9 heteroatoms. The fraction of sp³-hybridized carbons (Fsp3) is 0.261. The number of nitrogens with zero attached hydrogens (tertiary/aromatic N) is 5. The molecule has 0 spiro atoms. The summed E-state index contributed by atoms with van der Waals surface area (Å²) in [6.07, 6.45) is 7.43. The first-order valence-electron chi connectivity index (χ1n) is 10.5. The number of hydrogen-bond acceptors (Lipinski definition) is 7. The number of hydrogen-bond donors (Lipinski definition) is 1. The monoisotopic (exact) mass is 448 g/mol. The molecule has 0 aliphatic carbocycles. The van der Waals surface area contributed by atoms with Gasteiger partial charge in [-0.2, -0.15) is 5.10 Å². The third-order valence-corrected chi connectivity index (χ3v) is 6.99. The molecule has 1 aliphatic heterocycles. The van der Waals surface area contributed by atoms with Crippen molar-refractivity contribution in [3.05, 3.63) is 61.2 Å². The zero-order chi connectivity index (χ0) is 22.1. The first-order valence-corrected chi connectivity index (χ1v) is 12.4. The van der Waals surface area contributed by atoms with E-state index in [1.165, 1.54) is 6.26 Å². The molecule has 164 valence electrons. The molecule has 2 aromatic heterocycles. The van der Waals surface area contributed by atoms with Gasteiger partial charge in [0.1, 0.15) is 12.1 Å². The Morgan fingerprint density at radius 2 is 1.75 bits per heavy atom. The quantitative estimate of drug-likeness (QED) is 0.512. The van der Waals surface area contributed by atoms with Gasteiger partial charge in [0.2, 0.25) is 0 Å². The van der Waals surface area contributed by atoms with Crippen LogP contribution < -0.4 is 9.80 Å². The Hall–Kier alpha value is -3.46. The minimum Gasteiger partial charge on any atom is -0.369 e. The number of aromatic nitrogens is 4. The fourth-order valence-corrected chi connectivity index (χ4v) is 5.19. The molecule has 0 unspecified atom stereocenters. The molecule has 1 N–H and O–H groups in total. The van der Waals surface area contributed by atoms with Gasteiger partial charge < -0.3 is 9.80 Å². The van der Waals surface area contributed by atoms with Gasteiger partial charge in [0.25, 0.3) is 0 Å². The van der Waals surface area contributed by atoms with Gasteiger partial charge in [-0.1, -0.05) is 18.2 Å². The van der Waals surface area contributed by atoms with Crippen LogP contribution in [-0.4, -0.2) is 61.0 Å². The van der Waals surface area contributed by atoms with Crippen molar-refractivity contribution >= 4 is 32.2 Å². The molecule has 0 saturated carbocycles. The number of benzene rings is 2. The topological polar surface area (TPSA) is 95.1 Å². The van der Waals surface area contributed by atoms with Gasteiger partial charge in [0.05, 0.1) is 22.3 Å². The zero-order valence-electron chi connectivity index (χ0n) is 17.8. The van der Waals surface area contributed by atoms with Crippen molar-refractivity contribution in [1.82, 2.24) is 20.2 Å². The normalized spacial score (nSPS) is 15.2. The number of anilines is 2. The molecule has 0 atom stereocenters. The second-order valence-electron chi connectivity index (χ2n) is 7.98. The molecule has 1 saturated heterocycles. The van der Waals surface area contributed by atoms with Crippen LogP contribution in [0, 0.1) is 0 Å². The first kappa shape index (κ1) is 20.4. The third kappa shape index (κ3) is 3.91. The summed E-state index contributed by atoms with van der Waals surface area (Å²) in [5.74, 6) is 0.901. The van der Waals surface area contributed by atoms with Crippen LogP contribution in [-0.2, 0) is 9.84 Å². The van der Waals surface area contributed by atoms with E-state index in [-0.39, 0.29) is 0 Å². The lowest BCUT2D eigenvalue weighted by molar-refractivity contribution is 0.601. The van der Waals surface area contributed by atoms with E-state index in [2.05, 4.69) is 36.0 Å². The van der Waals surface area contributed by atoms with Crippen LogP contribution in [0.5, 0.6) is 0 Å². The maximum Gasteiger partial charge on any atom is 0.177 e. The van der Waals surface area contributed by atoms with Crippen molar-refractivity contribution in [2.75, 3.05) is 42.2 Å². The van der Waals surface area contributed by atoms with Gasteiger partial charge in [0.15, 0.2) is 9.84 Å². The molecule has 0 bridgehead atoms. The molecule has 0 radical (unpaired) electrons. The van der Waals surface area contributed by atoms with Gasteiger partial charge in [-0.05, 0) is 36.2 Å². The molecular weight excluding hydrogens is 424 g/mol. The maximum absolute atomic E-state index is 12.3. The summed E-state index contributed by atoms with van der Waals surface area (Å²) in [6, 6.07) is 13.4. The van der Waals surface area contributed by atoms with Gasteiger partial charge in [-0.25, -0.2) is 18.4 Å². The summed E-state index contributed by atoms with van der Waals surface area (Å²) in [4.78, 5) is 13.9. The van der Waals surface area contributed by atoms with Crippen molar-refractivity contribution in [3.63, 3.8) is 0 Å². The largest absolute Gasteiger partial charge is 0.369 e. The number of aromatic amines is 1. The molecule has 2 aromatic carbocycles. The van der Waals surface area contributed by atoms with Crippen LogP contribution in [0.25, 0.3) is 22.0 Å². The fourth-order valence-electron chi connectivity index (χ4n) is 4.29. The predicted octanol–water partition coefficient (Wildman–Crippen LogP) is 3.14. The lowest BCUT2D eigenvalue weighted by atomic mass is 10.1. The van der Waals surface area contributed by atoms with Crippen LogP contribution >= 0.6 is 0 Å². The van der Waals surface area contributed by atoms with E-state index in [0.29, 0.717) is 11.4 Å². The minimum absolute atomic E-state index is 0.380. The van der Waals surface area contributed by atoms with Gasteiger partial charge in [-0.15, -0.1) is 0 Å². The lowest BCUT2D eigenvalue weighted by Crippen LogP contribution is -2.32. The molecule has 1 fully saturated rings. The van der Waals surface area contributed by atoms with Crippen molar-refractivity contribution in [2.45, 2.75) is 11.3 Å². The Morgan fingerprint density at radius 3 is 2.56 bits per heavy atom. The first-order chi connectivity index (χ1) is 15.5. The molecule has 8 nitrogen and oxygen atoms in total. The summed E-state index contributed by atoms with van der Waals surface area (Å²) >= 11 is 0. The molecule has 5 rings (SSSR count). The number of fused-ring (bicyclic) bond motifs is 1. The highest BCUT2D eigenvalue weighted by Gasteiger charge is 2.22. The highest BCUT2D eigenvalue weighted by atomic mass is 32.2. The van der Waals surface area contributed by atoms with Crippen LogP contribution in [0.3, 0.4) is 0 Å². The van der Waals surface area contributed by atoms with Gasteiger partial charge in [0, 0.05) is 49.6 Å². The zero-order valence-corrected chi connectivity index (χ0v) is 18.6. The van der Waals surface area contributed by atoms with E-state index >= 15 is 0 Å². The molecule has 1 aliphatic rings. The number of sulfone groups is 1. The summed E-state index contributed by atoms with van der Waals surface area (Å²) in [5.41, 5.74) is 3.74. The van der Waals surface area contributed by atoms with Gasteiger partial charge in [-0.3, -0.25) is 5.10 Å². The van der Waals surface area contributed by atoms with Crippen LogP contribution in [0.1, 0.15) is 6.42 Å². The average molecular weight is 449 g/mol. The van der Waals surface area contributed by atoms with Crippen molar-refractivity contribution in [1.29, 1.82) is 0 Å². The molecule has 32 heavy (non-hydrogen) atoms. The van der Waals surface area contributed by atoms with E-state index in [0.717, 1.165) is 59.6 Å². The molecule has 0 amide bonds. The number of para-hydroxylation sites is 1. The molecule has 3 heterocycles. The Balaban J connectivity index is 1.46. The summed E-state index contributed by atoms with van der Waals surface area (Å²) in [6.45, 7) is 3.06. The Bertz CT molecular complexity index is 1350. The van der Waals surface area contributed by atoms with E-state index in [9.17, 15) is 8.42 Å². The number of nitrogens with one attached hydrogen (secondary N) is 1. The smallest absolute Gasteiger partial charge is 0.177 e. The second-order valence-corrected chi connectivity index (χ2v) is 9.97. The number of H-pyrrole nitrogens is 1. The minimum atomic E-state index is -3.30.